The molecule has 2 heterocycles. The molecule has 0 spiro atoms. The van der Waals surface area contributed by atoms with Gasteiger partial charge in [0.25, 0.3) is 5.56 Å². The van der Waals surface area contributed by atoms with Crippen LogP contribution in [-0.2, 0) is 9.53 Å². The number of benzene rings is 2. The van der Waals surface area contributed by atoms with Crippen LogP contribution in [0, 0.1) is 0 Å². The van der Waals surface area contributed by atoms with Crippen molar-refractivity contribution >= 4 is 39.3 Å². The van der Waals surface area contributed by atoms with Crippen LogP contribution in [0.1, 0.15) is 69.2 Å². The van der Waals surface area contributed by atoms with E-state index in [4.69, 9.17) is 19.2 Å². The Morgan fingerprint density at radius 1 is 1.13 bits per heavy atom. The molecule has 0 bridgehead atoms. The van der Waals surface area contributed by atoms with Crippen molar-refractivity contribution in [3.8, 4) is 11.5 Å². The molecule has 1 aliphatic heterocycles. The molecule has 3 aromatic rings. The average molecular weight is 614 g/mol. The van der Waals surface area contributed by atoms with Crippen LogP contribution >= 0.6 is 27.3 Å². The molecule has 1 unspecified atom stereocenters. The third kappa shape index (κ3) is 5.75. The van der Waals surface area contributed by atoms with E-state index in [-0.39, 0.29) is 12.2 Å². The van der Waals surface area contributed by atoms with E-state index < -0.39 is 12.0 Å². The molecule has 39 heavy (non-hydrogen) atoms. The highest BCUT2D eigenvalue weighted by molar-refractivity contribution is 9.10. The van der Waals surface area contributed by atoms with Crippen LogP contribution in [0.15, 0.2) is 61.9 Å². The smallest absolute Gasteiger partial charge is 0.338 e. The van der Waals surface area contributed by atoms with Crippen molar-refractivity contribution in [3.63, 3.8) is 0 Å². The maximum atomic E-state index is 14.0. The number of hydrogen-bond donors (Lipinski definition) is 0. The van der Waals surface area contributed by atoms with Crippen LogP contribution in [0.2, 0.25) is 0 Å². The first-order valence-corrected chi connectivity index (χ1v) is 14.6. The minimum absolute atomic E-state index is 0.233. The van der Waals surface area contributed by atoms with E-state index in [1.165, 1.54) is 16.9 Å². The van der Waals surface area contributed by atoms with Crippen LogP contribution in [0.3, 0.4) is 0 Å². The molecule has 0 radical (unpaired) electrons. The predicted octanol–water partition coefficient (Wildman–Crippen LogP) is 5.48. The van der Waals surface area contributed by atoms with Crippen molar-refractivity contribution < 1.29 is 19.0 Å². The minimum Gasteiger partial charge on any atom is -0.496 e. The van der Waals surface area contributed by atoms with E-state index in [1.54, 1.807) is 37.9 Å². The molecular formula is C30H33BrN2O5S. The van der Waals surface area contributed by atoms with Crippen molar-refractivity contribution in [2.45, 2.75) is 52.5 Å². The first-order valence-electron chi connectivity index (χ1n) is 13.0. The standard InChI is InChI=1S/C30H33BrN2O5S/c1-7-9-22-26(29(35)38-8-2)27(19-12-10-18(11-13-19)17(3)4)33-28(34)25(39-30(33)32-22)15-20-14-21(31)24(37-6)16-23(20)36-5/h10-17,27H,7-9H2,1-6H3/b25-15-. The van der Waals surface area contributed by atoms with Crippen LogP contribution in [0.5, 0.6) is 11.5 Å². The first-order chi connectivity index (χ1) is 18.7. The number of carbonyl (C=O) groups is 1. The molecule has 0 N–H and O–H groups in total. The maximum Gasteiger partial charge on any atom is 0.338 e. The molecule has 206 valence electrons. The van der Waals surface area contributed by atoms with Crippen molar-refractivity contribution in [3.05, 3.63) is 88.5 Å². The van der Waals surface area contributed by atoms with Crippen LogP contribution < -0.4 is 24.4 Å². The first kappa shape index (κ1) is 28.8. The molecule has 7 nitrogen and oxygen atoms in total. The van der Waals surface area contributed by atoms with Gasteiger partial charge in [-0.3, -0.25) is 9.36 Å². The number of halogens is 1. The summed E-state index contributed by atoms with van der Waals surface area (Å²) in [4.78, 5) is 32.7. The Hall–Kier alpha value is -3.17. The Morgan fingerprint density at radius 2 is 1.82 bits per heavy atom. The number of fused-ring (bicyclic) bond motifs is 1. The number of methoxy groups -OCH3 is 2. The fraction of sp³-hybridized carbons (Fsp3) is 0.367. The lowest BCUT2D eigenvalue weighted by Gasteiger charge is -2.26. The number of carbonyl (C=O) groups excluding carboxylic acids is 1. The monoisotopic (exact) mass is 612 g/mol. The van der Waals surface area contributed by atoms with Crippen molar-refractivity contribution in [2.75, 3.05) is 20.8 Å². The SMILES string of the molecule is CCCC1=C(C(=O)OCC)C(c2ccc(C(C)C)cc2)n2c(s/c(=C\c3cc(Br)c(OC)cc3OC)c2=O)=N1. The van der Waals surface area contributed by atoms with Gasteiger partial charge < -0.3 is 14.2 Å². The zero-order chi connectivity index (χ0) is 28.3. The highest BCUT2D eigenvalue weighted by Crippen LogP contribution is 2.34. The van der Waals surface area contributed by atoms with Gasteiger partial charge in [0, 0.05) is 11.6 Å². The number of nitrogens with zero attached hydrogens (tertiary/aromatic N) is 2. The van der Waals surface area contributed by atoms with E-state index in [0.29, 0.717) is 50.0 Å². The Morgan fingerprint density at radius 3 is 2.41 bits per heavy atom. The molecule has 0 fully saturated rings. The second-order valence-electron chi connectivity index (χ2n) is 9.46. The lowest BCUT2D eigenvalue weighted by atomic mass is 9.92. The van der Waals surface area contributed by atoms with Crippen LogP contribution in [0.4, 0.5) is 0 Å². The highest BCUT2D eigenvalue weighted by atomic mass is 79.9. The van der Waals surface area contributed by atoms with Crippen LogP contribution in [0.25, 0.3) is 6.08 Å². The molecule has 0 amide bonds. The van der Waals surface area contributed by atoms with Crippen molar-refractivity contribution in [1.29, 1.82) is 0 Å². The van der Waals surface area contributed by atoms with Gasteiger partial charge in [0.2, 0.25) is 0 Å². The van der Waals surface area contributed by atoms with Gasteiger partial charge in [-0.25, -0.2) is 9.79 Å². The van der Waals surface area contributed by atoms with Gasteiger partial charge in [0.1, 0.15) is 11.5 Å². The largest absolute Gasteiger partial charge is 0.496 e. The Balaban J connectivity index is 1.99. The number of thiazole rings is 1. The van der Waals surface area contributed by atoms with E-state index in [9.17, 15) is 9.59 Å². The Kier molecular flexibility index (Phi) is 9.12. The number of aromatic nitrogens is 1. The van der Waals surface area contributed by atoms with Gasteiger partial charge >= 0.3 is 5.97 Å². The molecule has 1 aliphatic rings. The summed E-state index contributed by atoms with van der Waals surface area (Å²) in [5, 5.41) is 0. The van der Waals surface area contributed by atoms with E-state index in [1.807, 2.05) is 25.1 Å². The summed E-state index contributed by atoms with van der Waals surface area (Å²) in [6.45, 7) is 8.32. The average Bonchev–Trinajstić information content (AvgIpc) is 3.22. The minimum atomic E-state index is -0.644. The second kappa shape index (κ2) is 12.3. The van der Waals surface area contributed by atoms with Crippen LogP contribution in [-0.4, -0.2) is 31.4 Å². The number of ether oxygens (including phenoxy) is 3. The topological polar surface area (TPSA) is 79.1 Å². The summed E-state index contributed by atoms with van der Waals surface area (Å²) < 4.78 is 19.3. The summed E-state index contributed by atoms with van der Waals surface area (Å²) in [5.74, 6) is 1.10. The number of esters is 1. The molecular weight excluding hydrogens is 580 g/mol. The van der Waals surface area contributed by atoms with Gasteiger partial charge in [0.05, 0.1) is 47.1 Å². The fourth-order valence-corrected chi connectivity index (χ4v) is 6.17. The molecule has 2 aromatic carbocycles. The normalized spacial score (nSPS) is 15.3. The predicted molar refractivity (Wildman–Crippen MR) is 157 cm³/mol. The van der Waals surface area contributed by atoms with Crippen molar-refractivity contribution in [2.24, 2.45) is 4.99 Å². The number of hydrogen-bond acceptors (Lipinski definition) is 7. The zero-order valence-electron chi connectivity index (χ0n) is 23.0. The Labute approximate surface area is 240 Å². The lowest BCUT2D eigenvalue weighted by molar-refractivity contribution is -0.139. The van der Waals surface area contributed by atoms with Gasteiger partial charge in [-0.15, -0.1) is 0 Å². The Bertz CT molecular complexity index is 1580. The third-order valence-electron chi connectivity index (χ3n) is 6.60. The van der Waals surface area contributed by atoms with E-state index in [2.05, 4.69) is 41.9 Å². The molecule has 1 atom stereocenters. The molecule has 9 heteroatoms. The molecule has 1 aromatic heterocycles. The zero-order valence-corrected chi connectivity index (χ0v) is 25.4. The van der Waals surface area contributed by atoms with Crippen molar-refractivity contribution in [1.82, 2.24) is 4.57 Å². The third-order valence-corrected chi connectivity index (χ3v) is 8.20. The number of allylic oxidation sites excluding steroid dienone is 1. The molecule has 0 saturated carbocycles. The van der Waals surface area contributed by atoms with Gasteiger partial charge in [-0.1, -0.05) is 62.8 Å². The quantitative estimate of drug-likeness (QED) is 0.299. The molecule has 0 aliphatic carbocycles. The fourth-order valence-electron chi connectivity index (χ4n) is 4.64. The highest BCUT2D eigenvalue weighted by Gasteiger charge is 2.34. The summed E-state index contributed by atoms with van der Waals surface area (Å²) in [5.41, 5.74) is 3.57. The summed E-state index contributed by atoms with van der Waals surface area (Å²) >= 11 is 4.82. The molecule has 0 saturated heterocycles. The van der Waals surface area contributed by atoms with E-state index in [0.717, 1.165) is 16.5 Å². The molecule has 4 rings (SSSR count). The van der Waals surface area contributed by atoms with E-state index >= 15 is 0 Å². The van der Waals surface area contributed by atoms with Gasteiger partial charge in [0.15, 0.2) is 4.80 Å². The summed E-state index contributed by atoms with van der Waals surface area (Å²) in [7, 11) is 3.16. The van der Waals surface area contributed by atoms with Gasteiger partial charge in [-0.05, 0) is 58.5 Å². The van der Waals surface area contributed by atoms with Gasteiger partial charge in [-0.2, -0.15) is 0 Å². The second-order valence-corrected chi connectivity index (χ2v) is 11.3. The summed E-state index contributed by atoms with van der Waals surface area (Å²) in [6, 6.07) is 11.1. The summed E-state index contributed by atoms with van der Waals surface area (Å²) in [6.07, 6.45) is 3.19. The lowest BCUT2D eigenvalue weighted by Crippen LogP contribution is -2.40. The number of rotatable bonds is 9. The maximum absolute atomic E-state index is 14.0.